The number of imidazole rings is 1. The predicted octanol–water partition coefficient (Wildman–Crippen LogP) is 4.13. The van der Waals surface area contributed by atoms with Crippen LogP contribution in [0.15, 0.2) is 72.8 Å². The van der Waals surface area contributed by atoms with E-state index in [0.29, 0.717) is 29.9 Å². The number of anilines is 2. The van der Waals surface area contributed by atoms with Gasteiger partial charge in [-0.25, -0.2) is 13.4 Å². The van der Waals surface area contributed by atoms with Crippen molar-refractivity contribution in [3.63, 3.8) is 0 Å². The zero-order valence-electron chi connectivity index (χ0n) is 17.5. The van der Waals surface area contributed by atoms with Crippen LogP contribution in [-0.2, 0) is 10.0 Å². The van der Waals surface area contributed by atoms with Gasteiger partial charge < -0.3 is 5.32 Å². The Morgan fingerprint density at radius 3 is 2.41 bits per heavy atom. The van der Waals surface area contributed by atoms with Gasteiger partial charge in [-0.2, -0.15) is 0 Å². The lowest BCUT2D eigenvalue weighted by molar-refractivity contribution is 0.102. The molecule has 32 heavy (non-hydrogen) atoms. The molecule has 0 spiro atoms. The summed E-state index contributed by atoms with van der Waals surface area (Å²) in [4.78, 5) is 17.4. The van der Waals surface area contributed by atoms with Gasteiger partial charge in [-0.05, 0) is 67.9 Å². The summed E-state index contributed by atoms with van der Waals surface area (Å²) in [6, 6.07) is 22.3. The van der Waals surface area contributed by atoms with Gasteiger partial charge in [-0.15, -0.1) is 0 Å². The number of amides is 1. The summed E-state index contributed by atoms with van der Waals surface area (Å²) in [5, 5.41) is 2.87. The molecular weight excluding hydrogens is 424 g/mol. The second-order valence-corrected chi connectivity index (χ2v) is 9.79. The fourth-order valence-corrected chi connectivity index (χ4v) is 5.65. The van der Waals surface area contributed by atoms with Crippen LogP contribution in [0.2, 0.25) is 0 Å². The van der Waals surface area contributed by atoms with Crippen LogP contribution in [0.4, 0.5) is 11.4 Å². The lowest BCUT2D eigenvalue weighted by atomic mass is 10.1. The number of fused-ring (bicyclic) bond motifs is 1. The summed E-state index contributed by atoms with van der Waals surface area (Å²) in [6.45, 7) is 2.43. The predicted molar refractivity (Wildman–Crippen MR) is 126 cm³/mol. The highest BCUT2D eigenvalue weighted by atomic mass is 32.2. The number of carbonyl (C=O) groups is 1. The Balaban J connectivity index is 1.37. The molecule has 1 aromatic heterocycles. The van der Waals surface area contributed by atoms with Gasteiger partial charge in [0, 0.05) is 23.5 Å². The Labute approximate surface area is 186 Å². The summed E-state index contributed by atoms with van der Waals surface area (Å²) in [6.07, 6.45) is 0.628. The molecule has 2 heterocycles. The van der Waals surface area contributed by atoms with Gasteiger partial charge in [0.15, 0.2) is 0 Å². The van der Waals surface area contributed by atoms with Crippen molar-refractivity contribution in [2.24, 2.45) is 0 Å². The van der Waals surface area contributed by atoms with E-state index in [4.69, 9.17) is 0 Å². The molecule has 1 N–H and O–H groups in total. The second kappa shape index (κ2) is 7.80. The largest absolute Gasteiger partial charge is 0.322 e. The molecule has 5 rings (SSSR count). The number of benzene rings is 3. The van der Waals surface area contributed by atoms with Crippen molar-refractivity contribution >= 4 is 38.3 Å². The Kier molecular flexibility index (Phi) is 4.94. The van der Waals surface area contributed by atoms with E-state index in [2.05, 4.69) is 14.9 Å². The van der Waals surface area contributed by atoms with Crippen LogP contribution in [0.3, 0.4) is 0 Å². The molecule has 1 amide bonds. The van der Waals surface area contributed by atoms with E-state index >= 15 is 0 Å². The number of nitrogens with one attached hydrogen (secondary N) is 1. The minimum atomic E-state index is -3.22. The summed E-state index contributed by atoms with van der Waals surface area (Å²) in [7, 11) is -3.22. The first kappa shape index (κ1) is 20.3. The first-order chi connectivity index (χ1) is 15.4. The van der Waals surface area contributed by atoms with Gasteiger partial charge in [0.1, 0.15) is 5.82 Å². The van der Waals surface area contributed by atoms with E-state index < -0.39 is 10.0 Å². The Morgan fingerprint density at radius 2 is 1.72 bits per heavy atom. The third-order valence-corrected chi connectivity index (χ3v) is 7.48. The van der Waals surface area contributed by atoms with E-state index in [9.17, 15) is 13.2 Å². The molecule has 0 atom stereocenters. The van der Waals surface area contributed by atoms with Gasteiger partial charge in [0.25, 0.3) is 5.91 Å². The minimum Gasteiger partial charge on any atom is -0.322 e. The highest BCUT2D eigenvalue weighted by Gasteiger charge is 2.28. The van der Waals surface area contributed by atoms with Gasteiger partial charge in [0.05, 0.1) is 22.5 Å². The van der Waals surface area contributed by atoms with Crippen molar-refractivity contribution in [2.45, 2.75) is 13.3 Å². The number of carbonyl (C=O) groups excluding carboxylic acids is 1. The van der Waals surface area contributed by atoms with E-state index in [0.717, 1.165) is 22.5 Å². The summed E-state index contributed by atoms with van der Waals surface area (Å²) in [5.74, 6) is 0.768. The molecule has 0 radical (unpaired) electrons. The Bertz CT molecular complexity index is 1410. The number of aromatic nitrogens is 2. The molecule has 3 aromatic carbocycles. The standard InChI is InChI=1S/C24H22N4O3S/c1-17-25-22-16-18(8-13-23(22)28(17)21-6-3-2-4-7-21)24(29)26-19-9-11-20(12-10-19)27-14-5-15-32(27,30)31/h2-4,6-13,16H,5,14-15H2,1H3,(H,26,29). The van der Waals surface area contributed by atoms with Crippen molar-refractivity contribution < 1.29 is 13.2 Å². The van der Waals surface area contributed by atoms with E-state index in [1.165, 1.54) is 4.31 Å². The topological polar surface area (TPSA) is 84.3 Å². The van der Waals surface area contributed by atoms with Crippen LogP contribution in [0.1, 0.15) is 22.6 Å². The van der Waals surface area contributed by atoms with Crippen LogP contribution in [-0.4, -0.2) is 36.2 Å². The number of para-hydroxylation sites is 1. The molecule has 1 aliphatic rings. The third-order valence-electron chi connectivity index (χ3n) is 5.61. The molecule has 0 unspecified atom stereocenters. The zero-order chi connectivity index (χ0) is 22.3. The fraction of sp³-hybridized carbons (Fsp3) is 0.167. The highest BCUT2D eigenvalue weighted by molar-refractivity contribution is 7.93. The van der Waals surface area contributed by atoms with E-state index in [-0.39, 0.29) is 11.7 Å². The number of rotatable bonds is 4. The van der Waals surface area contributed by atoms with Crippen molar-refractivity contribution in [1.29, 1.82) is 0 Å². The van der Waals surface area contributed by atoms with Gasteiger partial charge in [0.2, 0.25) is 10.0 Å². The van der Waals surface area contributed by atoms with Crippen LogP contribution in [0.25, 0.3) is 16.7 Å². The molecule has 7 nitrogen and oxygen atoms in total. The van der Waals surface area contributed by atoms with Gasteiger partial charge in [-0.1, -0.05) is 18.2 Å². The van der Waals surface area contributed by atoms with Crippen molar-refractivity contribution in [3.05, 3.63) is 84.2 Å². The lowest BCUT2D eigenvalue weighted by Crippen LogP contribution is -2.24. The summed E-state index contributed by atoms with van der Waals surface area (Å²) < 4.78 is 27.6. The van der Waals surface area contributed by atoms with E-state index in [1.54, 1.807) is 36.4 Å². The normalized spacial score (nSPS) is 15.2. The number of sulfonamides is 1. The molecule has 1 aliphatic heterocycles. The maximum Gasteiger partial charge on any atom is 0.255 e. The maximum absolute atomic E-state index is 12.8. The number of aryl methyl sites for hydroxylation is 1. The van der Waals surface area contributed by atoms with Crippen LogP contribution >= 0.6 is 0 Å². The van der Waals surface area contributed by atoms with Crippen LogP contribution in [0, 0.1) is 6.92 Å². The average molecular weight is 447 g/mol. The number of hydrogen-bond acceptors (Lipinski definition) is 4. The maximum atomic E-state index is 12.8. The molecule has 1 saturated heterocycles. The minimum absolute atomic E-state index is 0.174. The Hall–Kier alpha value is -3.65. The highest BCUT2D eigenvalue weighted by Crippen LogP contribution is 2.26. The Morgan fingerprint density at radius 1 is 0.969 bits per heavy atom. The average Bonchev–Trinajstić information content (AvgIpc) is 3.31. The monoisotopic (exact) mass is 446 g/mol. The van der Waals surface area contributed by atoms with Gasteiger partial charge in [-0.3, -0.25) is 13.7 Å². The molecule has 8 heteroatoms. The quantitative estimate of drug-likeness (QED) is 0.511. The van der Waals surface area contributed by atoms with Crippen LogP contribution in [0.5, 0.6) is 0 Å². The molecule has 0 bridgehead atoms. The second-order valence-electron chi connectivity index (χ2n) is 7.78. The first-order valence-electron chi connectivity index (χ1n) is 10.4. The first-order valence-corrected chi connectivity index (χ1v) is 12.0. The molecular formula is C24H22N4O3S. The summed E-state index contributed by atoms with van der Waals surface area (Å²) >= 11 is 0. The molecule has 4 aromatic rings. The summed E-state index contributed by atoms with van der Waals surface area (Å²) in [5.41, 5.74) is 4.41. The van der Waals surface area contributed by atoms with Crippen molar-refractivity contribution in [1.82, 2.24) is 9.55 Å². The smallest absolute Gasteiger partial charge is 0.255 e. The zero-order valence-corrected chi connectivity index (χ0v) is 18.3. The van der Waals surface area contributed by atoms with Gasteiger partial charge >= 0.3 is 0 Å². The van der Waals surface area contributed by atoms with Crippen molar-refractivity contribution in [2.75, 3.05) is 21.9 Å². The fourth-order valence-electron chi connectivity index (χ4n) is 4.09. The number of nitrogens with zero attached hydrogens (tertiary/aromatic N) is 3. The lowest BCUT2D eigenvalue weighted by Gasteiger charge is -2.17. The SMILES string of the molecule is Cc1nc2cc(C(=O)Nc3ccc(N4CCCS4(=O)=O)cc3)ccc2n1-c1ccccc1. The van der Waals surface area contributed by atoms with Crippen LogP contribution < -0.4 is 9.62 Å². The number of hydrogen-bond donors (Lipinski definition) is 1. The molecule has 162 valence electrons. The molecule has 0 aliphatic carbocycles. The van der Waals surface area contributed by atoms with E-state index in [1.807, 2.05) is 43.3 Å². The third kappa shape index (κ3) is 3.62. The molecule has 0 saturated carbocycles. The molecule has 1 fully saturated rings. The van der Waals surface area contributed by atoms with Crippen molar-refractivity contribution in [3.8, 4) is 5.69 Å².